The van der Waals surface area contributed by atoms with Crippen LogP contribution in [0.1, 0.15) is 26.3 Å². The maximum atomic E-state index is 12.7. The number of phenols is 1. The number of amides is 1. The highest BCUT2D eigenvalue weighted by molar-refractivity contribution is 7.13. The van der Waals surface area contributed by atoms with Gasteiger partial charge in [-0.05, 0) is 44.9 Å². The van der Waals surface area contributed by atoms with Crippen molar-refractivity contribution in [2.45, 2.75) is 38.9 Å². The number of nitrogens with one attached hydrogen (secondary N) is 2. The molecule has 0 spiro atoms. The second-order valence-corrected chi connectivity index (χ2v) is 10.1. The zero-order valence-corrected chi connectivity index (χ0v) is 21.2. The topological polar surface area (TPSA) is 144 Å². The number of ether oxygens (including phenoxy) is 2. The van der Waals surface area contributed by atoms with Gasteiger partial charge >= 0.3 is 11.0 Å². The van der Waals surface area contributed by atoms with Crippen molar-refractivity contribution in [1.29, 1.82) is 0 Å². The number of nitrogens with zero attached hydrogens (tertiary/aromatic N) is 1. The predicted molar refractivity (Wildman–Crippen MR) is 137 cm³/mol. The van der Waals surface area contributed by atoms with Crippen molar-refractivity contribution < 1.29 is 29.6 Å². The molecule has 0 aliphatic heterocycles. The van der Waals surface area contributed by atoms with Gasteiger partial charge in [-0.1, -0.05) is 41.7 Å². The Morgan fingerprint density at radius 3 is 2.50 bits per heavy atom. The van der Waals surface area contributed by atoms with Gasteiger partial charge in [0.15, 0.2) is 5.00 Å². The molecule has 11 heteroatoms. The number of aliphatic hydroxyl groups excluding tert-OH is 1. The molecule has 10 nitrogen and oxygen atoms in total. The Morgan fingerprint density at radius 1 is 1.17 bits per heavy atom. The molecule has 194 valence electrons. The normalized spacial score (nSPS) is 12.1. The van der Waals surface area contributed by atoms with Gasteiger partial charge in [-0.15, -0.1) is 0 Å². The molecule has 2 aromatic carbocycles. The van der Waals surface area contributed by atoms with Gasteiger partial charge in [0.25, 0.3) is 0 Å². The summed E-state index contributed by atoms with van der Waals surface area (Å²) in [5.41, 5.74) is 0.635. The first-order valence-corrected chi connectivity index (χ1v) is 12.2. The maximum Gasteiger partial charge on any atom is 0.410 e. The quantitative estimate of drug-likeness (QED) is 0.255. The lowest BCUT2D eigenvalue weighted by atomic mass is 10.1. The Labute approximate surface area is 212 Å². The number of thiazole rings is 1. The van der Waals surface area contributed by atoms with E-state index in [9.17, 15) is 24.9 Å². The van der Waals surface area contributed by atoms with Gasteiger partial charge < -0.3 is 35.0 Å². The Morgan fingerprint density at radius 2 is 1.89 bits per heavy atom. The molecule has 0 bridgehead atoms. The van der Waals surface area contributed by atoms with Crippen LogP contribution < -0.4 is 14.9 Å². The van der Waals surface area contributed by atoms with E-state index in [1.807, 2.05) is 30.3 Å². The molecule has 1 heterocycles. The van der Waals surface area contributed by atoms with Gasteiger partial charge in [0.2, 0.25) is 5.88 Å². The molecule has 1 amide bonds. The number of aromatic hydroxyl groups is 2. The van der Waals surface area contributed by atoms with Gasteiger partial charge in [-0.2, -0.15) is 0 Å². The number of carbonyl (C=O) groups is 1. The monoisotopic (exact) mass is 517 g/mol. The van der Waals surface area contributed by atoms with Crippen molar-refractivity contribution in [1.82, 2.24) is 9.88 Å². The lowest BCUT2D eigenvalue weighted by molar-refractivity contribution is 0.00944. The molecule has 5 N–H and O–H groups in total. The summed E-state index contributed by atoms with van der Waals surface area (Å²) in [6, 6.07) is 14.1. The molecule has 3 aromatic rings. The van der Waals surface area contributed by atoms with Crippen LogP contribution in [0.3, 0.4) is 0 Å². The summed E-state index contributed by atoms with van der Waals surface area (Å²) < 4.78 is 11.1. The SMILES string of the molecule is CC(C)(C)OC(=O)N(CCc1ccccc1)C[C@H](O)COc1ccc(Nc2sc(=O)[nH]c2O)c(O)c1. The number of aliphatic hydroxyl groups is 1. The smallest absolute Gasteiger partial charge is 0.410 e. The molecule has 0 fully saturated rings. The number of rotatable bonds is 10. The molecule has 0 aliphatic carbocycles. The van der Waals surface area contributed by atoms with E-state index in [-0.39, 0.29) is 41.2 Å². The molecule has 0 unspecified atom stereocenters. The second-order valence-electron chi connectivity index (χ2n) is 9.12. The third-order valence-corrected chi connectivity index (χ3v) is 5.67. The third-order valence-electron chi connectivity index (χ3n) is 4.89. The number of hydrogen-bond donors (Lipinski definition) is 5. The van der Waals surface area contributed by atoms with Crippen LogP contribution in [0.4, 0.5) is 15.5 Å². The van der Waals surface area contributed by atoms with E-state index in [0.29, 0.717) is 13.0 Å². The van der Waals surface area contributed by atoms with E-state index in [1.165, 1.54) is 17.0 Å². The van der Waals surface area contributed by atoms with Crippen molar-refractivity contribution in [2.75, 3.05) is 25.0 Å². The van der Waals surface area contributed by atoms with Crippen molar-refractivity contribution in [3.05, 3.63) is 63.8 Å². The average Bonchev–Trinajstić information content (AvgIpc) is 3.12. The van der Waals surface area contributed by atoms with Gasteiger partial charge in [0.05, 0.1) is 12.2 Å². The maximum absolute atomic E-state index is 12.7. The Bertz CT molecular complexity index is 1200. The minimum atomic E-state index is -1.01. The Hall–Kier alpha value is -3.70. The lowest BCUT2D eigenvalue weighted by Gasteiger charge is -2.29. The molecule has 0 radical (unpaired) electrons. The number of anilines is 2. The zero-order valence-electron chi connectivity index (χ0n) is 20.4. The molecule has 3 rings (SSSR count). The van der Waals surface area contributed by atoms with Crippen LogP contribution in [-0.4, -0.2) is 62.7 Å². The van der Waals surface area contributed by atoms with Crippen LogP contribution in [0.2, 0.25) is 0 Å². The third kappa shape index (κ3) is 8.21. The first-order chi connectivity index (χ1) is 17.0. The summed E-state index contributed by atoms with van der Waals surface area (Å²) in [6.45, 7) is 5.57. The highest BCUT2D eigenvalue weighted by Crippen LogP contribution is 2.34. The van der Waals surface area contributed by atoms with E-state index in [0.717, 1.165) is 16.9 Å². The first-order valence-electron chi connectivity index (χ1n) is 11.3. The fourth-order valence-electron chi connectivity index (χ4n) is 3.23. The van der Waals surface area contributed by atoms with Gasteiger partial charge in [-0.25, -0.2) is 4.79 Å². The number of phenolic OH excluding ortho intramolecular Hbond substituents is 1. The minimum Gasteiger partial charge on any atom is -0.506 e. The summed E-state index contributed by atoms with van der Waals surface area (Å²) in [5, 5.41) is 33.5. The van der Waals surface area contributed by atoms with Gasteiger partial charge in [0, 0.05) is 12.6 Å². The van der Waals surface area contributed by atoms with Crippen molar-refractivity contribution in [3.63, 3.8) is 0 Å². The number of hydrogen-bond acceptors (Lipinski definition) is 9. The predicted octanol–water partition coefficient (Wildman–Crippen LogP) is 3.81. The van der Waals surface area contributed by atoms with E-state index in [4.69, 9.17) is 9.47 Å². The molecular weight excluding hydrogens is 486 g/mol. The summed E-state index contributed by atoms with van der Waals surface area (Å²) in [5.74, 6) is -0.216. The Kier molecular flexibility index (Phi) is 8.83. The Balaban J connectivity index is 1.58. The lowest BCUT2D eigenvalue weighted by Crippen LogP contribution is -2.43. The van der Waals surface area contributed by atoms with Crippen LogP contribution in [0.5, 0.6) is 17.4 Å². The van der Waals surface area contributed by atoms with Crippen molar-refractivity contribution in [2.24, 2.45) is 0 Å². The minimum absolute atomic E-state index is 0.000941. The summed E-state index contributed by atoms with van der Waals surface area (Å²) in [4.78, 5) is 27.3. The average molecular weight is 518 g/mol. The fraction of sp³-hybridized carbons (Fsp3) is 0.360. The number of benzene rings is 2. The number of aromatic amines is 1. The summed E-state index contributed by atoms with van der Waals surface area (Å²) >= 11 is 0.760. The molecule has 0 aliphatic rings. The second kappa shape index (κ2) is 11.8. The zero-order chi connectivity index (χ0) is 26.3. The molecule has 36 heavy (non-hydrogen) atoms. The van der Waals surface area contributed by atoms with E-state index >= 15 is 0 Å². The highest BCUT2D eigenvalue weighted by Gasteiger charge is 2.24. The van der Waals surface area contributed by atoms with Crippen LogP contribution in [-0.2, 0) is 11.2 Å². The van der Waals surface area contributed by atoms with Crippen LogP contribution in [0.25, 0.3) is 0 Å². The van der Waals surface area contributed by atoms with E-state index < -0.39 is 22.7 Å². The summed E-state index contributed by atoms with van der Waals surface area (Å²) in [6.07, 6.45) is -0.940. The molecular formula is C25H31N3O7S. The molecule has 1 aromatic heterocycles. The van der Waals surface area contributed by atoms with Crippen molar-refractivity contribution in [3.8, 4) is 17.4 Å². The van der Waals surface area contributed by atoms with Crippen LogP contribution in [0.15, 0.2) is 53.3 Å². The van der Waals surface area contributed by atoms with Crippen molar-refractivity contribution >= 4 is 28.1 Å². The van der Waals surface area contributed by atoms with Crippen LogP contribution >= 0.6 is 11.3 Å². The molecule has 0 saturated heterocycles. The van der Waals surface area contributed by atoms with E-state index in [1.54, 1.807) is 26.8 Å². The first kappa shape index (κ1) is 26.9. The van der Waals surface area contributed by atoms with E-state index in [2.05, 4.69) is 10.3 Å². The highest BCUT2D eigenvalue weighted by atomic mass is 32.1. The fourth-order valence-corrected chi connectivity index (χ4v) is 3.87. The molecule has 0 saturated carbocycles. The number of aromatic nitrogens is 1. The van der Waals surface area contributed by atoms with Gasteiger partial charge in [-0.3, -0.25) is 9.78 Å². The largest absolute Gasteiger partial charge is 0.506 e. The van der Waals surface area contributed by atoms with Gasteiger partial charge in [0.1, 0.15) is 29.8 Å². The molecule has 1 atom stereocenters. The summed E-state index contributed by atoms with van der Waals surface area (Å²) in [7, 11) is 0. The van der Waals surface area contributed by atoms with Crippen LogP contribution in [0, 0.1) is 0 Å². The standard InChI is InChI=1S/C25H31N3O7S/c1-25(2,3)35-24(33)28(12-11-16-7-5-4-6-8-16)14-17(29)15-34-18-9-10-19(20(30)13-18)26-22-21(31)27-23(32)36-22/h4-10,13,17,26,29-31H,11-12,14-15H2,1-3H3,(H,27,32)/t17-/m0/s1. The number of carbonyl (C=O) groups excluding carboxylic acids is 1. The number of H-pyrrole nitrogens is 1.